The molecule has 1 fully saturated rings. The number of amides is 2. The highest BCUT2D eigenvalue weighted by Gasteiger charge is 2.52. The van der Waals surface area contributed by atoms with E-state index in [4.69, 9.17) is 4.74 Å². The molecule has 0 aromatic carbocycles. The number of thiophene rings is 1. The van der Waals surface area contributed by atoms with E-state index in [1.807, 2.05) is 17.5 Å². The summed E-state index contributed by atoms with van der Waals surface area (Å²) in [6.45, 7) is 1.00. The summed E-state index contributed by atoms with van der Waals surface area (Å²) in [5.74, 6) is -2.59. The second-order valence-corrected chi connectivity index (χ2v) is 7.87. The van der Waals surface area contributed by atoms with Crippen LogP contribution >= 0.6 is 23.1 Å². The van der Waals surface area contributed by atoms with Gasteiger partial charge in [0.25, 0.3) is 5.91 Å². The maximum absolute atomic E-state index is 12.4. The Bertz CT molecular complexity index is 789. The van der Waals surface area contributed by atoms with E-state index in [-0.39, 0.29) is 30.4 Å². The van der Waals surface area contributed by atoms with Gasteiger partial charge in [-0.25, -0.2) is 0 Å². The number of thioether (sulfide) groups is 1. The second-order valence-electron chi connectivity index (χ2n) is 5.73. The zero-order valence-corrected chi connectivity index (χ0v) is 15.4. The second kappa shape index (κ2) is 7.50. The lowest BCUT2D eigenvalue weighted by Gasteiger charge is -2.50. The molecule has 0 radical (unpaired) electrons. The topological polar surface area (TPSA) is 116 Å². The number of aliphatic carboxylic acids is 1. The van der Waals surface area contributed by atoms with E-state index < -0.39 is 29.3 Å². The van der Waals surface area contributed by atoms with Crippen molar-refractivity contribution in [2.75, 3.05) is 12.4 Å². The Balaban J connectivity index is 1.69. The number of fused-ring (bicyclic) bond motifs is 1. The highest BCUT2D eigenvalue weighted by Crippen LogP contribution is 2.40. The van der Waals surface area contributed by atoms with Crippen LogP contribution < -0.4 is 10.4 Å². The first-order chi connectivity index (χ1) is 12.4. The number of rotatable bonds is 6. The maximum Gasteiger partial charge on any atom is 0.302 e. The first-order valence-corrected chi connectivity index (χ1v) is 9.64. The average Bonchev–Trinajstić information content (AvgIpc) is 3.09. The smallest absolute Gasteiger partial charge is 0.302 e. The molecule has 0 spiro atoms. The largest absolute Gasteiger partial charge is 0.543 e. The average molecular weight is 395 g/mol. The predicted molar refractivity (Wildman–Crippen MR) is 91.7 cm³/mol. The van der Waals surface area contributed by atoms with Gasteiger partial charge in [0.2, 0.25) is 5.91 Å². The van der Waals surface area contributed by atoms with Gasteiger partial charge in [-0.2, -0.15) is 0 Å². The minimum Gasteiger partial charge on any atom is -0.543 e. The number of carbonyl (C=O) groups is 4. The highest BCUT2D eigenvalue weighted by atomic mass is 32.2. The van der Waals surface area contributed by atoms with Crippen molar-refractivity contribution in [2.45, 2.75) is 24.8 Å². The molecule has 2 atom stereocenters. The molecule has 1 saturated heterocycles. The number of carboxylic acids is 1. The van der Waals surface area contributed by atoms with Crippen molar-refractivity contribution in [1.82, 2.24) is 10.2 Å². The number of ether oxygens (including phenoxy) is 1. The third-order valence-electron chi connectivity index (χ3n) is 3.92. The Labute approximate surface area is 157 Å². The van der Waals surface area contributed by atoms with E-state index in [9.17, 15) is 24.3 Å². The van der Waals surface area contributed by atoms with Gasteiger partial charge in [0.15, 0.2) is 0 Å². The number of β-lactam (4-membered cyclic amide) rings is 1. The molecule has 0 unspecified atom stereocenters. The molecular formula is C16H15N2O6S2-. The van der Waals surface area contributed by atoms with Gasteiger partial charge >= 0.3 is 5.97 Å². The predicted octanol–water partition coefficient (Wildman–Crippen LogP) is -0.742. The van der Waals surface area contributed by atoms with Crippen molar-refractivity contribution in [2.24, 2.45) is 0 Å². The molecule has 8 nitrogen and oxygen atoms in total. The molecule has 0 aliphatic carbocycles. The van der Waals surface area contributed by atoms with Crippen molar-refractivity contribution in [3.8, 4) is 0 Å². The van der Waals surface area contributed by atoms with Crippen molar-refractivity contribution < 1.29 is 29.0 Å². The summed E-state index contributed by atoms with van der Waals surface area (Å²) in [5.41, 5.74) is 0.0296. The molecular weight excluding hydrogens is 380 g/mol. The molecule has 0 saturated carbocycles. The van der Waals surface area contributed by atoms with E-state index in [2.05, 4.69) is 5.32 Å². The number of nitrogens with one attached hydrogen (secondary N) is 1. The van der Waals surface area contributed by atoms with Crippen molar-refractivity contribution in [3.05, 3.63) is 33.7 Å². The van der Waals surface area contributed by atoms with E-state index in [1.165, 1.54) is 30.0 Å². The first-order valence-electron chi connectivity index (χ1n) is 7.71. The minimum absolute atomic E-state index is 0.166. The fraction of sp³-hybridized carbons (Fsp3) is 0.375. The molecule has 1 aromatic heterocycles. The Kier molecular flexibility index (Phi) is 5.33. The zero-order valence-electron chi connectivity index (χ0n) is 13.7. The van der Waals surface area contributed by atoms with Crippen LogP contribution in [0.4, 0.5) is 0 Å². The van der Waals surface area contributed by atoms with Crippen molar-refractivity contribution >= 4 is 46.9 Å². The molecule has 10 heteroatoms. The van der Waals surface area contributed by atoms with Gasteiger partial charge in [-0.1, -0.05) is 6.07 Å². The molecule has 3 rings (SSSR count). The number of hydrogen-bond donors (Lipinski definition) is 1. The Morgan fingerprint density at radius 1 is 1.42 bits per heavy atom. The molecule has 2 aliphatic heterocycles. The maximum atomic E-state index is 12.4. The lowest BCUT2D eigenvalue weighted by Crippen LogP contribution is -2.71. The monoisotopic (exact) mass is 395 g/mol. The van der Waals surface area contributed by atoms with Crippen LogP contribution in [-0.2, 0) is 30.3 Å². The first kappa shape index (κ1) is 18.5. The van der Waals surface area contributed by atoms with Crippen LogP contribution in [0.15, 0.2) is 28.8 Å². The van der Waals surface area contributed by atoms with Crippen LogP contribution in [0.2, 0.25) is 0 Å². The quantitative estimate of drug-likeness (QED) is 0.498. The van der Waals surface area contributed by atoms with Crippen LogP contribution in [0, 0.1) is 0 Å². The molecule has 1 N–H and O–H groups in total. The van der Waals surface area contributed by atoms with E-state index in [0.717, 1.165) is 9.78 Å². The van der Waals surface area contributed by atoms with Crippen molar-refractivity contribution in [3.63, 3.8) is 0 Å². The summed E-state index contributed by atoms with van der Waals surface area (Å²) in [5, 5.41) is 15.5. The van der Waals surface area contributed by atoms with Crippen LogP contribution in [0.25, 0.3) is 0 Å². The Morgan fingerprint density at radius 2 is 2.19 bits per heavy atom. The third kappa shape index (κ3) is 3.61. The Hall–Kier alpha value is -2.33. The van der Waals surface area contributed by atoms with Gasteiger partial charge in [0, 0.05) is 23.1 Å². The van der Waals surface area contributed by atoms with Gasteiger partial charge in [-0.15, -0.1) is 23.1 Å². The Morgan fingerprint density at radius 3 is 2.81 bits per heavy atom. The fourth-order valence-corrected chi connectivity index (χ4v) is 4.80. The molecule has 26 heavy (non-hydrogen) atoms. The molecule has 2 aliphatic rings. The molecule has 0 bridgehead atoms. The lowest BCUT2D eigenvalue weighted by molar-refractivity contribution is -0.301. The molecule has 2 amide bonds. The zero-order chi connectivity index (χ0) is 18.8. The van der Waals surface area contributed by atoms with Crippen LogP contribution in [0.1, 0.15) is 11.8 Å². The van der Waals surface area contributed by atoms with Crippen LogP contribution in [-0.4, -0.2) is 52.4 Å². The summed E-state index contributed by atoms with van der Waals surface area (Å²) in [4.78, 5) is 48.9. The SMILES string of the molecule is CC(=O)OCC1=C(C(=O)[O-])N2C(=O)[C@H](NC(=O)Cc3cccs3)[C@@H]2SC1. The summed E-state index contributed by atoms with van der Waals surface area (Å²) < 4.78 is 4.85. The van der Waals surface area contributed by atoms with Gasteiger partial charge in [0.05, 0.1) is 18.1 Å². The summed E-state index contributed by atoms with van der Waals surface area (Å²) in [6, 6.07) is 2.88. The number of hydrogen-bond acceptors (Lipinski definition) is 8. The van der Waals surface area contributed by atoms with Gasteiger partial charge in [-0.3, -0.25) is 19.3 Å². The van der Waals surface area contributed by atoms with E-state index >= 15 is 0 Å². The summed E-state index contributed by atoms with van der Waals surface area (Å²) in [7, 11) is 0. The highest BCUT2D eigenvalue weighted by molar-refractivity contribution is 8.00. The minimum atomic E-state index is -1.51. The van der Waals surface area contributed by atoms with Gasteiger partial charge in [-0.05, 0) is 11.4 Å². The third-order valence-corrected chi connectivity index (χ3v) is 6.14. The summed E-state index contributed by atoms with van der Waals surface area (Å²) in [6.07, 6.45) is 0.166. The van der Waals surface area contributed by atoms with E-state index in [1.54, 1.807) is 0 Å². The number of carboxylic acid groups (broad SMARTS) is 1. The van der Waals surface area contributed by atoms with E-state index in [0.29, 0.717) is 5.57 Å². The fourth-order valence-electron chi connectivity index (χ4n) is 2.77. The molecule has 1 aromatic rings. The normalized spacial score (nSPS) is 21.7. The van der Waals surface area contributed by atoms with Crippen LogP contribution in [0.3, 0.4) is 0 Å². The molecule has 138 valence electrons. The number of esters is 1. The van der Waals surface area contributed by atoms with Gasteiger partial charge < -0.3 is 20.0 Å². The van der Waals surface area contributed by atoms with Gasteiger partial charge in [0.1, 0.15) is 18.0 Å². The molecule has 3 heterocycles. The number of nitrogens with zero attached hydrogens (tertiary/aromatic N) is 1. The number of carbonyl (C=O) groups excluding carboxylic acids is 4. The lowest BCUT2D eigenvalue weighted by atomic mass is 10.0. The summed E-state index contributed by atoms with van der Waals surface area (Å²) >= 11 is 2.75. The standard InChI is InChI=1S/C16H16N2O6S2/c1-8(19)24-6-9-7-26-15-12(14(21)18(15)13(9)16(22)23)17-11(20)5-10-3-2-4-25-10/h2-4,12,15H,5-7H2,1H3,(H,17,20)(H,22,23)/p-1/t12-,15-/m0/s1. The van der Waals surface area contributed by atoms with Crippen molar-refractivity contribution in [1.29, 1.82) is 0 Å². The van der Waals surface area contributed by atoms with Crippen LogP contribution in [0.5, 0.6) is 0 Å².